The fourth-order valence-corrected chi connectivity index (χ4v) is 2.87. The topological polar surface area (TPSA) is 92.5 Å². The van der Waals surface area contributed by atoms with E-state index in [0.29, 0.717) is 13.0 Å². The number of likely N-dealkylation sites (tertiary alicyclic amines) is 1. The summed E-state index contributed by atoms with van der Waals surface area (Å²) >= 11 is 0. The number of amides is 2. The molecule has 7 heteroatoms. The molecule has 2 amide bonds. The Morgan fingerprint density at radius 3 is 2.40 bits per heavy atom. The average Bonchev–Trinajstić information content (AvgIpc) is 2.24. The van der Waals surface area contributed by atoms with Gasteiger partial charge in [0.05, 0.1) is 11.8 Å². The number of carbonyl (C=O) groups excluding carboxylic acids is 1. The van der Waals surface area contributed by atoms with Gasteiger partial charge in [0.25, 0.3) is 0 Å². The summed E-state index contributed by atoms with van der Waals surface area (Å²) in [5.41, 5.74) is 4.63. The predicted molar refractivity (Wildman–Crippen MR) is 56.8 cm³/mol. The summed E-state index contributed by atoms with van der Waals surface area (Å²) in [7, 11) is -3.26. The highest BCUT2D eigenvalue weighted by Gasteiger charge is 2.44. The Kier molecular flexibility index (Phi) is 2.97. The molecule has 3 N–H and O–H groups in total. The third-order valence-electron chi connectivity index (χ3n) is 2.81. The molecule has 0 bridgehead atoms. The van der Waals surface area contributed by atoms with Crippen LogP contribution in [0.2, 0.25) is 0 Å². The van der Waals surface area contributed by atoms with Gasteiger partial charge in [0, 0.05) is 12.6 Å². The number of urea groups is 1. The van der Waals surface area contributed by atoms with Crippen molar-refractivity contribution in [1.29, 1.82) is 0 Å². The van der Waals surface area contributed by atoms with Crippen molar-refractivity contribution in [2.24, 2.45) is 5.73 Å². The van der Waals surface area contributed by atoms with Gasteiger partial charge in [-0.15, -0.1) is 0 Å². The lowest BCUT2D eigenvalue weighted by Crippen LogP contribution is -2.55. The summed E-state index contributed by atoms with van der Waals surface area (Å²) in [5, 5.41) is 0. The van der Waals surface area contributed by atoms with E-state index < -0.39 is 21.6 Å². The molecule has 88 valence electrons. The normalized spacial score (nSPS) is 25.5. The van der Waals surface area contributed by atoms with Crippen LogP contribution in [0.4, 0.5) is 4.79 Å². The summed E-state index contributed by atoms with van der Waals surface area (Å²) in [6.45, 7) is 4.08. The molecule has 0 saturated carbocycles. The van der Waals surface area contributed by atoms with Crippen molar-refractivity contribution < 1.29 is 13.2 Å². The Hall–Kier alpha value is -0.820. The molecule has 15 heavy (non-hydrogen) atoms. The number of hydrogen-bond acceptors (Lipinski definition) is 3. The number of nitrogens with two attached hydrogens (primary N) is 1. The molecule has 1 aliphatic rings. The van der Waals surface area contributed by atoms with Crippen molar-refractivity contribution in [2.45, 2.75) is 31.8 Å². The minimum Gasteiger partial charge on any atom is -0.351 e. The molecule has 1 heterocycles. The third kappa shape index (κ3) is 2.60. The van der Waals surface area contributed by atoms with Crippen molar-refractivity contribution in [1.82, 2.24) is 9.62 Å². The number of primary amides is 1. The summed E-state index contributed by atoms with van der Waals surface area (Å²) in [6, 6.07) is -0.794. The van der Waals surface area contributed by atoms with Crippen LogP contribution in [-0.4, -0.2) is 43.7 Å². The smallest absolute Gasteiger partial charge is 0.315 e. The minimum atomic E-state index is -3.26. The van der Waals surface area contributed by atoms with Crippen LogP contribution in [0.25, 0.3) is 0 Å². The first kappa shape index (κ1) is 12.3. The molecular weight excluding hydrogens is 218 g/mol. The van der Waals surface area contributed by atoms with Crippen LogP contribution < -0.4 is 10.5 Å². The van der Waals surface area contributed by atoms with Crippen molar-refractivity contribution in [2.75, 3.05) is 12.8 Å². The first-order valence-electron chi connectivity index (χ1n) is 4.69. The zero-order chi connectivity index (χ0) is 11.9. The zero-order valence-corrected chi connectivity index (χ0v) is 9.97. The molecule has 1 rings (SSSR count). The van der Waals surface area contributed by atoms with E-state index in [2.05, 4.69) is 4.72 Å². The fourth-order valence-electron chi connectivity index (χ4n) is 1.94. The molecule has 6 nitrogen and oxygen atoms in total. The average molecular weight is 235 g/mol. The summed E-state index contributed by atoms with van der Waals surface area (Å²) in [4.78, 5) is 12.6. The molecule has 1 unspecified atom stereocenters. The van der Waals surface area contributed by atoms with E-state index in [1.807, 2.05) is 0 Å². The molecule has 0 aromatic rings. The van der Waals surface area contributed by atoms with Gasteiger partial charge in [0.15, 0.2) is 0 Å². The number of nitrogens with zero attached hydrogens (tertiary/aromatic N) is 1. The van der Waals surface area contributed by atoms with Gasteiger partial charge in [-0.25, -0.2) is 17.9 Å². The quantitative estimate of drug-likeness (QED) is 0.673. The lowest BCUT2D eigenvalue weighted by Gasteiger charge is -2.34. The molecule has 1 atom stereocenters. The van der Waals surface area contributed by atoms with Gasteiger partial charge in [-0.1, -0.05) is 0 Å². The molecule has 1 saturated heterocycles. The van der Waals surface area contributed by atoms with E-state index in [9.17, 15) is 13.2 Å². The number of sulfonamides is 1. The maximum Gasteiger partial charge on any atom is 0.315 e. The van der Waals surface area contributed by atoms with Gasteiger partial charge in [0.2, 0.25) is 10.0 Å². The van der Waals surface area contributed by atoms with E-state index in [1.54, 1.807) is 13.8 Å². The number of rotatable bonds is 2. The van der Waals surface area contributed by atoms with Crippen LogP contribution in [0.1, 0.15) is 20.3 Å². The Labute approximate surface area is 89.9 Å². The number of hydrogen-bond donors (Lipinski definition) is 2. The summed E-state index contributed by atoms with van der Waals surface area (Å²) in [6.07, 6.45) is 1.69. The number of nitrogens with one attached hydrogen (secondary N) is 1. The molecular formula is C8H17N3O3S. The first-order chi connectivity index (χ1) is 6.64. The standard InChI is InChI=1S/C8H17N3O3S/c1-8(2)6(10-15(3,13)14)4-5-11(8)7(9)12/h6,10H,4-5H2,1-3H3,(H2,9,12). The molecule has 0 radical (unpaired) electrons. The highest BCUT2D eigenvalue weighted by Crippen LogP contribution is 2.28. The third-order valence-corrected chi connectivity index (χ3v) is 3.52. The van der Waals surface area contributed by atoms with Gasteiger partial charge in [0.1, 0.15) is 0 Å². The van der Waals surface area contributed by atoms with Gasteiger partial charge in [-0.3, -0.25) is 0 Å². The highest BCUT2D eigenvalue weighted by atomic mass is 32.2. The van der Waals surface area contributed by atoms with E-state index >= 15 is 0 Å². The maximum atomic E-state index is 11.1. The summed E-state index contributed by atoms with van der Waals surface area (Å²) in [5.74, 6) is 0. The van der Waals surface area contributed by atoms with Crippen LogP contribution in [0.15, 0.2) is 0 Å². The van der Waals surface area contributed by atoms with Gasteiger partial charge < -0.3 is 10.6 Å². The van der Waals surface area contributed by atoms with E-state index in [-0.39, 0.29) is 6.04 Å². The number of carbonyl (C=O) groups is 1. The van der Waals surface area contributed by atoms with Crippen LogP contribution in [0.5, 0.6) is 0 Å². The fraction of sp³-hybridized carbons (Fsp3) is 0.875. The zero-order valence-electron chi connectivity index (χ0n) is 9.15. The molecule has 0 spiro atoms. The van der Waals surface area contributed by atoms with Crippen LogP contribution >= 0.6 is 0 Å². The lowest BCUT2D eigenvalue weighted by atomic mass is 9.97. The highest BCUT2D eigenvalue weighted by molar-refractivity contribution is 7.88. The van der Waals surface area contributed by atoms with Crippen LogP contribution in [0, 0.1) is 0 Å². The van der Waals surface area contributed by atoms with E-state index in [1.165, 1.54) is 4.90 Å². The van der Waals surface area contributed by atoms with Crippen LogP contribution in [0.3, 0.4) is 0 Å². The SMILES string of the molecule is CC1(C)C(NS(C)(=O)=O)CCN1C(N)=O. The monoisotopic (exact) mass is 235 g/mol. The minimum absolute atomic E-state index is 0.278. The molecule has 0 aromatic heterocycles. The van der Waals surface area contributed by atoms with Crippen LogP contribution in [-0.2, 0) is 10.0 Å². The second-order valence-corrected chi connectivity index (χ2v) is 6.15. The summed E-state index contributed by atoms with van der Waals surface area (Å²) < 4.78 is 24.7. The molecule has 0 aromatic carbocycles. The Balaban J connectivity index is 2.84. The van der Waals surface area contributed by atoms with Crippen molar-refractivity contribution in [3.63, 3.8) is 0 Å². The molecule has 1 aliphatic heterocycles. The van der Waals surface area contributed by atoms with Gasteiger partial charge in [-0.2, -0.15) is 0 Å². The van der Waals surface area contributed by atoms with Gasteiger partial charge in [-0.05, 0) is 20.3 Å². The van der Waals surface area contributed by atoms with Crippen molar-refractivity contribution in [3.05, 3.63) is 0 Å². The van der Waals surface area contributed by atoms with Crippen molar-refractivity contribution >= 4 is 16.1 Å². The van der Waals surface area contributed by atoms with Crippen molar-refractivity contribution in [3.8, 4) is 0 Å². The Morgan fingerprint density at radius 1 is 1.53 bits per heavy atom. The Morgan fingerprint density at radius 2 is 2.07 bits per heavy atom. The second kappa shape index (κ2) is 3.64. The largest absolute Gasteiger partial charge is 0.351 e. The van der Waals surface area contributed by atoms with E-state index in [0.717, 1.165) is 6.26 Å². The van der Waals surface area contributed by atoms with Gasteiger partial charge >= 0.3 is 6.03 Å². The predicted octanol–water partition coefficient (Wildman–Crippen LogP) is -0.533. The van der Waals surface area contributed by atoms with E-state index in [4.69, 9.17) is 5.73 Å². The molecule has 0 aliphatic carbocycles. The molecule has 1 fully saturated rings. The first-order valence-corrected chi connectivity index (χ1v) is 6.58. The maximum absolute atomic E-state index is 11.1. The Bertz CT molecular complexity index is 363. The second-order valence-electron chi connectivity index (χ2n) is 4.37. The lowest BCUT2D eigenvalue weighted by molar-refractivity contribution is 0.165.